The minimum Gasteiger partial charge on any atom is -0.466 e. The molecule has 132 valence electrons. The average Bonchev–Trinajstić information content (AvgIpc) is 2.95. The molecule has 1 heterocycles. The zero-order valence-electron chi connectivity index (χ0n) is 13.9. The Morgan fingerprint density at radius 3 is 2.64 bits per heavy atom. The third kappa shape index (κ3) is 3.85. The molecule has 1 saturated carbocycles. The topological polar surface area (TPSA) is 68.3 Å². The Morgan fingerprint density at radius 2 is 2.04 bits per heavy atom. The van der Waals surface area contributed by atoms with E-state index in [2.05, 4.69) is 10.3 Å². The van der Waals surface area contributed by atoms with Gasteiger partial charge in [0, 0.05) is 10.4 Å². The first-order chi connectivity index (χ1) is 12.0. The van der Waals surface area contributed by atoms with Gasteiger partial charge >= 0.3 is 5.97 Å². The van der Waals surface area contributed by atoms with Crippen LogP contribution in [0.4, 0.5) is 5.13 Å². The first-order valence-electron chi connectivity index (χ1n) is 8.21. The number of halogens is 1. The van der Waals surface area contributed by atoms with Crippen LogP contribution >= 0.6 is 22.9 Å². The van der Waals surface area contributed by atoms with Gasteiger partial charge in [-0.2, -0.15) is 0 Å². The standard InChI is InChI=1S/C18H19ClN2O3S/c1-2-24-15(22)10-14-11-25-17(20-14)21-16(23)18(8-3-9-18)12-4-6-13(19)7-5-12/h4-7,11H,2-3,8-10H2,1H3,(H,20,21,23). The molecule has 1 aromatic carbocycles. The van der Waals surface area contributed by atoms with Crippen molar-refractivity contribution in [1.29, 1.82) is 0 Å². The van der Waals surface area contributed by atoms with Crippen molar-refractivity contribution in [3.05, 3.63) is 45.9 Å². The Bertz CT molecular complexity index is 769. The lowest BCUT2D eigenvalue weighted by Gasteiger charge is -2.40. The summed E-state index contributed by atoms with van der Waals surface area (Å²) < 4.78 is 4.91. The molecule has 2 aromatic rings. The van der Waals surface area contributed by atoms with Crippen LogP contribution in [-0.2, 0) is 26.2 Å². The zero-order chi connectivity index (χ0) is 17.9. The van der Waals surface area contributed by atoms with E-state index in [4.69, 9.17) is 16.3 Å². The number of nitrogens with zero attached hydrogens (tertiary/aromatic N) is 1. The molecule has 1 aliphatic carbocycles. The van der Waals surface area contributed by atoms with Gasteiger partial charge in [-0.25, -0.2) is 4.98 Å². The molecule has 0 unspecified atom stereocenters. The smallest absolute Gasteiger partial charge is 0.311 e. The predicted molar refractivity (Wildman–Crippen MR) is 98.1 cm³/mol. The number of aromatic nitrogens is 1. The molecule has 5 nitrogen and oxygen atoms in total. The van der Waals surface area contributed by atoms with Gasteiger partial charge < -0.3 is 10.1 Å². The van der Waals surface area contributed by atoms with Crippen molar-refractivity contribution in [2.45, 2.75) is 38.0 Å². The summed E-state index contributed by atoms with van der Waals surface area (Å²) in [6.07, 6.45) is 2.74. The van der Waals surface area contributed by atoms with E-state index in [0.717, 1.165) is 24.8 Å². The van der Waals surface area contributed by atoms with Gasteiger partial charge in [0.1, 0.15) is 0 Å². The SMILES string of the molecule is CCOC(=O)Cc1csc(NC(=O)C2(c3ccc(Cl)cc3)CCC2)n1. The highest BCUT2D eigenvalue weighted by Gasteiger charge is 2.45. The fourth-order valence-electron chi connectivity index (χ4n) is 2.97. The molecule has 0 atom stereocenters. The highest BCUT2D eigenvalue weighted by Crippen LogP contribution is 2.45. The van der Waals surface area contributed by atoms with Gasteiger partial charge in [-0.05, 0) is 37.5 Å². The first-order valence-corrected chi connectivity index (χ1v) is 9.47. The number of thiazole rings is 1. The number of nitrogens with one attached hydrogen (secondary N) is 1. The van der Waals surface area contributed by atoms with Gasteiger partial charge in [0.2, 0.25) is 5.91 Å². The van der Waals surface area contributed by atoms with Crippen molar-refractivity contribution in [1.82, 2.24) is 4.98 Å². The maximum Gasteiger partial charge on any atom is 0.311 e. The highest BCUT2D eigenvalue weighted by atomic mass is 35.5. The third-order valence-electron chi connectivity index (χ3n) is 4.44. The lowest BCUT2D eigenvalue weighted by molar-refractivity contribution is -0.142. The van der Waals surface area contributed by atoms with Crippen LogP contribution in [-0.4, -0.2) is 23.5 Å². The summed E-state index contributed by atoms with van der Waals surface area (Å²) in [5.41, 5.74) is 1.06. The molecule has 0 radical (unpaired) electrons. The van der Waals surface area contributed by atoms with Gasteiger partial charge in [-0.15, -0.1) is 11.3 Å². The molecule has 25 heavy (non-hydrogen) atoms. The fourth-order valence-corrected chi connectivity index (χ4v) is 3.80. The van der Waals surface area contributed by atoms with Crippen LogP contribution in [0.5, 0.6) is 0 Å². The second-order valence-corrected chi connectivity index (χ2v) is 7.32. The van der Waals surface area contributed by atoms with Crippen LogP contribution in [0.1, 0.15) is 37.4 Å². The largest absolute Gasteiger partial charge is 0.466 e. The molecule has 1 aromatic heterocycles. The Balaban J connectivity index is 1.70. The maximum absolute atomic E-state index is 12.9. The Labute approximate surface area is 155 Å². The van der Waals surface area contributed by atoms with Crippen molar-refractivity contribution in [3.63, 3.8) is 0 Å². The Kier molecular flexibility index (Phi) is 5.39. The number of amides is 1. The first kappa shape index (κ1) is 17.9. The summed E-state index contributed by atoms with van der Waals surface area (Å²) in [6, 6.07) is 7.44. The maximum atomic E-state index is 12.9. The van der Waals surface area contributed by atoms with Gasteiger partial charge in [0.05, 0.1) is 24.1 Å². The van der Waals surface area contributed by atoms with E-state index >= 15 is 0 Å². The van der Waals surface area contributed by atoms with Crippen LogP contribution in [0.15, 0.2) is 29.6 Å². The molecule has 1 N–H and O–H groups in total. The van der Waals surface area contributed by atoms with Crippen LogP contribution in [0.2, 0.25) is 5.02 Å². The van der Waals surface area contributed by atoms with Crippen molar-refractivity contribution in [2.75, 3.05) is 11.9 Å². The van der Waals surface area contributed by atoms with Crippen molar-refractivity contribution in [2.24, 2.45) is 0 Å². The Hall–Kier alpha value is -1.92. The summed E-state index contributed by atoms with van der Waals surface area (Å²) in [5, 5.41) is 5.83. The average molecular weight is 379 g/mol. The second kappa shape index (κ2) is 7.54. The van der Waals surface area contributed by atoms with Crippen LogP contribution in [0.25, 0.3) is 0 Å². The summed E-state index contributed by atoms with van der Waals surface area (Å²) >= 11 is 7.27. The van der Waals surface area contributed by atoms with Crippen LogP contribution < -0.4 is 5.32 Å². The summed E-state index contributed by atoms with van der Waals surface area (Å²) in [5.74, 6) is -0.375. The molecule has 7 heteroatoms. The molecule has 0 saturated heterocycles. The van der Waals surface area contributed by atoms with Crippen LogP contribution in [0.3, 0.4) is 0 Å². The molecular weight excluding hydrogens is 360 g/mol. The monoisotopic (exact) mass is 378 g/mol. The highest BCUT2D eigenvalue weighted by molar-refractivity contribution is 7.14. The second-order valence-electron chi connectivity index (χ2n) is 6.02. The van der Waals surface area contributed by atoms with E-state index in [-0.39, 0.29) is 18.3 Å². The van der Waals surface area contributed by atoms with Gasteiger partial charge in [-0.3, -0.25) is 9.59 Å². The molecule has 1 amide bonds. The molecule has 1 fully saturated rings. The number of carbonyl (C=O) groups is 2. The normalized spacial score (nSPS) is 15.3. The zero-order valence-corrected chi connectivity index (χ0v) is 15.5. The van der Waals surface area contributed by atoms with E-state index in [9.17, 15) is 9.59 Å². The molecule has 0 spiro atoms. The number of rotatable bonds is 6. The van der Waals surface area contributed by atoms with E-state index in [1.54, 1.807) is 12.3 Å². The van der Waals surface area contributed by atoms with Crippen molar-refractivity contribution < 1.29 is 14.3 Å². The van der Waals surface area contributed by atoms with E-state index in [1.807, 2.05) is 24.3 Å². The van der Waals surface area contributed by atoms with Gasteiger partial charge in [0.25, 0.3) is 0 Å². The Morgan fingerprint density at radius 1 is 1.32 bits per heavy atom. The third-order valence-corrected chi connectivity index (χ3v) is 5.50. The molecule has 1 aliphatic rings. The fraction of sp³-hybridized carbons (Fsp3) is 0.389. The minimum atomic E-state index is -0.516. The summed E-state index contributed by atoms with van der Waals surface area (Å²) in [7, 11) is 0. The lowest BCUT2D eigenvalue weighted by atomic mass is 9.64. The molecule has 0 aliphatic heterocycles. The van der Waals surface area contributed by atoms with Gasteiger partial charge in [-0.1, -0.05) is 30.2 Å². The summed E-state index contributed by atoms with van der Waals surface area (Å²) in [6.45, 7) is 2.11. The number of ether oxygens (including phenoxy) is 1. The van der Waals surface area contributed by atoms with Gasteiger partial charge in [0.15, 0.2) is 5.13 Å². The van der Waals surface area contributed by atoms with E-state index < -0.39 is 5.41 Å². The van der Waals surface area contributed by atoms with E-state index in [1.165, 1.54) is 11.3 Å². The minimum absolute atomic E-state index is 0.0573. The van der Waals surface area contributed by atoms with Crippen LogP contribution in [0, 0.1) is 0 Å². The van der Waals surface area contributed by atoms with E-state index in [0.29, 0.717) is 22.5 Å². The number of hydrogen-bond acceptors (Lipinski definition) is 5. The number of esters is 1. The number of benzene rings is 1. The summed E-state index contributed by atoms with van der Waals surface area (Å²) in [4.78, 5) is 28.7. The molecule has 0 bridgehead atoms. The quantitative estimate of drug-likeness (QED) is 0.772. The van der Waals surface area contributed by atoms with Crippen molar-refractivity contribution >= 4 is 39.9 Å². The number of anilines is 1. The molecule has 3 rings (SSSR count). The number of hydrogen-bond donors (Lipinski definition) is 1. The molecular formula is C18H19ClN2O3S. The number of carbonyl (C=O) groups excluding carboxylic acids is 2. The van der Waals surface area contributed by atoms with Crippen molar-refractivity contribution in [3.8, 4) is 0 Å². The predicted octanol–water partition coefficient (Wildman–Crippen LogP) is 3.96. The lowest BCUT2D eigenvalue weighted by Crippen LogP contribution is -2.46.